The third-order valence-corrected chi connectivity index (χ3v) is 9.35. The zero-order valence-corrected chi connectivity index (χ0v) is 27.0. The number of ether oxygens (including phenoxy) is 1. The molecule has 1 aliphatic rings. The highest BCUT2D eigenvalue weighted by atomic mass is 79.9. The summed E-state index contributed by atoms with van der Waals surface area (Å²) in [5.41, 5.74) is 3.83. The van der Waals surface area contributed by atoms with Crippen molar-refractivity contribution in [2.75, 3.05) is 0 Å². The van der Waals surface area contributed by atoms with Gasteiger partial charge in [0.05, 0.1) is 20.1 Å². The van der Waals surface area contributed by atoms with Crippen LogP contribution < -0.4 is 0 Å². The van der Waals surface area contributed by atoms with Gasteiger partial charge >= 0.3 is 11.9 Å². The van der Waals surface area contributed by atoms with Gasteiger partial charge < -0.3 is 20.1 Å². The lowest BCUT2D eigenvalue weighted by Gasteiger charge is -2.37. The minimum Gasteiger partial charge on any atom is -0.507 e. The van der Waals surface area contributed by atoms with Crippen LogP contribution in [0.1, 0.15) is 113 Å². The molecule has 0 bridgehead atoms. The molecule has 0 spiro atoms. The van der Waals surface area contributed by atoms with E-state index < -0.39 is 17.5 Å². The third-order valence-electron chi connectivity index (χ3n) is 7.74. The lowest BCUT2D eigenvalue weighted by atomic mass is 9.72. The number of phenols is 2. The number of aromatic hydroxyl groups is 2. The maximum absolute atomic E-state index is 13.7. The maximum atomic E-state index is 13.7. The first-order valence-electron chi connectivity index (χ1n) is 14.3. The van der Waals surface area contributed by atoms with E-state index in [0.717, 1.165) is 47.9 Å². The molecule has 0 unspecified atom stereocenters. The normalized spacial score (nSPS) is 13.8. The van der Waals surface area contributed by atoms with Crippen molar-refractivity contribution in [2.24, 2.45) is 0 Å². The minimum atomic E-state index is -1.65. The number of aryl methyl sites for hydroxylation is 2. The van der Waals surface area contributed by atoms with Crippen molar-refractivity contribution in [1.82, 2.24) is 0 Å². The van der Waals surface area contributed by atoms with Gasteiger partial charge in [0.2, 0.25) is 0 Å². The van der Waals surface area contributed by atoms with E-state index in [1.165, 1.54) is 18.2 Å². The Balaban J connectivity index is 2.33. The van der Waals surface area contributed by atoms with Crippen molar-refractivity contribution >= 4 is 43.8 Å². The monoisotopic (exact) mass is 686 g/mol. The Morgan fingerprint density at radius 1 is 0.780 bits per heavy atom. The fourth-order valence-electron chi connectivity index (χ4n) is 6.16. The lowest BCUT2D eigenvalue weighted by molar-refractivity contribution is 0.0240. The Kier molecular flexibility index (Phi) is 9.54. The summed E-state index contributed by atoms with van der Waals surface area (Å²) in [7, 11) is 0. The molecule has 0 amide bonds. The van der Waals surface area contributed by atoms with Crippen molar-refractivity contribution in [3.8, 4) is 11.5 Å². The van der Waals surface area contributed by atoms with Crippen molar-refractivity contribution in [1.29, 1.82) is 0 Å². The molecule has 218 valence electrons. The quantitative estimate of drug-likeness (QED) is 0.175. The first-order chi connectivity index (χ1) is 19.6. The number of aromatic carboxylic acids is 1. The van der Waals surface area contributed by atoms with Crippen LogP contribution in [0, 0.1) is 0 Å². The molecular formula is C33H36Br2O6. The molecule has 0 saturated heterocycles. The van der Waals surface area contributed by atoms with E-state index in [9.17, 15) is 24.9 Å². The molecule has 3 aromatic carbocycles. The Morgan fingerprint density at radius 3 is 1.66 bits per heavy atom. The van der Waals surface area contributed by atoms with Gasteiger partial charge in [0.1, 0.15) is 11.5 Å². The van der Waals surface area contributed by atoms with Gasteiger partial charge in [-0.25, -0.2) is 9.59 Å². The molecule has 0 aromatic heterocycles. The van der Waals surface area contributed by atoms with Gasteiger partial charge in [0.25, 0.3) is 0 Å². The molecule has 0 atom stereocenters. The smallest absolute Gasteiger partial charge is 0.340 e. The number of hydrogen-bond acceptors (Lipinski definition) is 5. The fourth-order valence-corrected chi connectivity index (χ4v) is 7.42. The SMILES string of the molecule is CCCc1cc(O)c(Br)c(C2(c3c(Br)c(O)cc(CCC)c3CCC)OC(=O)c3ccc(C(=O)O)cc32)c1CCC. The summed E-state index contributed by atoms with van der Waals surface area (Å²) in [5.74, 6) is -1.72. The fraction of sp³-hybridized carbons (Fsp3) is 0.394. The molecule has 3 N–H and O–H groups in total. The Hall–Kier alpha value is -2.84. The average molecular weight is 688 g/mol. The molecule has 1 aliphatic heterocycles. The number of carboxylic acids is 1. The van der Waals surface area contributed by atoms with Crippen molar-refractivity contribution in [3.05, 3.63) is 89.3 Å². The van der Waals surface area contributed by atoms with E-state index in [2.05, 4.69) is 59.6 Å². The standard InChI is InChI=1S/C33H36Br2O6/c1-5-9-18-16-25(36)29(34)27(21(18)11-7-3)33(24-15-20(31(38)39)13-14-23(24)32(40)41-33)28-22(12-8-4)19(10-6-2)17-26(37)30(28)35/h13-17,36-37H,5-12H2,1-4H3,(H,38,39). The molecule has 3 aromatic rings. The number of cyclic esters (lactones) is 1. The molecule has 0 saturated carbocycles. The average Bonchev–Trinajstić information content (AvgIpc) is 3.22. The highest BCUT2D eigenvalue weighted by molar-refractivity contribution is 9.11. The Labute approximate surface area is 258 Å². The first-order valence-corrected chi connectivity index (χ1v) is 15.8. The molecule has 41 heavy (non-hydrogen) atoms. The first kappa shape index (κ1) is 31.1. The number of hydrogen-bond donors (Lipinski definition) is 3. The number of halogens is 2. The molecule has 0 fully saturated rings. The predicted octanol–water partition coefficient (Wildman–Crippen LogP) is 8.59. The largest absolute Gasteiger partial charge is 0.507 e. The molecule has 8 heteroatoms. The zero-order chi connectivity index (χ0) is 30.1. The van der Waals surface area contributed by atoms with Crippen LogP contribution in [0.2, 0.25) is 0 Å². The highest BCUT2D eigenvalue weighted by Crippen LogP contribution is 2.57. The molecule has 0 aliphatic carbocycles. The van der Waals surface area contributed by atoms with Crippen LogP contribution >= 0.6 is 31.9 Å². The number of carboxylic acid groups (broad SMARTS) is 1. The number of phenolic OH excluding ortho intramolecular Hbond substituents is 2. The van der Waals surface area contributed by atoms with E-state index >= 15 is 0 Å². The summed E-state index contributed by atoms with van der Waals surface area (Å²) in [6, 6.07) is 7.91. The van der Waals surface area contributed by atoms with Crippen LogP contribution in [0.4, 0.5) is 0 Å². The topological polar surface area (TPSA) is 104 Å². The summed E-state index contributed by atoms with van der Waals surface area (Å²) >= 11 is 7.34. The lowest BCUT2D eigenvalue weighted by Crippen LogP contribution is -2.34. The van der Waals surface area contributed by atoms with E-state index in [-0.39, 0.29) is 22.6 Å². The van der Waals surface area contributed by atoms with Gasteiger partial charge in [0, 0.05) is 16.7 Å². The number of fused-ring (bicyclic) bond motifs is 1. The number of carbonyl (C=O) groups excluding carboxylic acids is 1. The van der Waals surface area contributed by atoms with Gasteiger partial charge in [0.15, 0.2) is 5.60 Å². The number of rotatable bonds is 11. The second kappa shape index (κ2) is 12.6. The van der Waals surface area contributed by atoms with Gasteiger partial charge in [-0.3, -0.25) is 0 Å². The van der Waals surface area contributed by atoms with E-state index in [1.807, 2.05) is 0 Å². The summed E-state index contributed by atoms with van der Waals surface area (Å²) in [6.45, 7) is 8.26. The van der Waals surface area contributed by atoms with E-state index in [0.29, 0.717) is 51.3 Å². The molecule has 0 radical (unpaired) electrons. The van der Waals surface area contributed by atoms with Crippen LogP contribution in [0.25, 0.3) is 0 Å². The minimum absolute atomic E-state index is 0.00339. The van der Waals surface area contributed by atoms with Crippen LogP contribution in [-0.4, -0.2) is 27.3 Å². The molecular weight excluding hydrogens is 652 g/mol. The predicted molar refractivity (Wildman–Crippen MR) is 166 cm³/mol. The van der Waals surface area contributed by atoms with Gasteiger partial charge in [-0.1, -0.05) is 53.4 Å². The van der Waals surface area contributed by atoms with Gasteiger partial charge in [-0.15, -0.1) is 0 Å². The van der Waals surface area contributed by atoms with Crippen molar-refractivity contribution < 1.29 is 29.6 Å². The number of carbonyl (C=O) groups is 2. The third kappa shape index (κ3) is 5.29. The molecule has 6 nitrogen and oxygen atoms in total. The summed E-state index contributed by atoms with van der Waals surface area (Å²) in [5, 5.41) is 32.5. The second-order valence-corrected chi connectivity index (χ2v) is 12.2. The van der Waals surface area contributed by atoms with Crippen molar-refractivity contribution in [3.63, 3.8) is 0 Å². The highest BCUT2D eigenvalue weighted by Gasteiger charge is 2.54. The molecule has 1 heterocycles. The van der Waals surface area contributed by atoms with Crippen LogP contribution in [0.5, 0.6) is 11.5 Å². The van der Waals surface area contributed by atoms with Gasteiger partial charge in [-0.2, -0.15) is 0 Å². The maximum Gasteiger partial charge on any atom is 0.340 e. The molecule has 4 rings (SSSR count). The number of esters is 1. The van der Waals surface area contributed by atoms with Gasteiger partial charge in [-0.05, 0) is 110 Å². The summed E-state index contributed by atoms with van der Waals surface area (Å²) in [4.78, 5) is 25.9. The Morgan fingerprint density at radius 2 is 1.24 bits per heavy atom. The van der Waals surface area contributed by atoms with E-state index in [1.54, 1.807) is 12.1 Å². The summed E-state index contributed by atoms with van der Waals surface area (Å²) < 4.78 is 7.27. The summed E-state index contributed by atoms with van der Waals surface area (Å²) in [6.07, 6.45) is 5.91. The zero-order valence-electron chi connectivity index (χ0n) is 23.9. The number of benzene rings is 3. The van der Waals surface area contributed by atoms with Crippen LogP contribution in [0.15, 0.2) is 39.3 Å². The van der Waals surface area contributed by atoms with Crippen LogP contribution in [-0.2, 0) is 36.0 Å². The Bertz CT molecular complexity index is 1440. The van der Waals surface area contributed by atoms with E-state index in [4.69, 9.17) is 4.74 Å². The van der Waals surface area contributed by atoms with Crippen LogP contribution in [0.3, 0.4) is 0 Å². The second-order valence-electron chi connectivity index (χ2n) is 10.6. The van der Waals surface area contributed by atoms with Crippen molar-refractivity contribution in [2.45, 2.75) is 84.7 Å².